The number of aryl methyl sites for hydroxylation is 1. The van der Waals surface area contributed by atoms with E-state index < -0.39 is 0 Å². The fraction of sp³-hybridized carbons (Fsp3) is 0.167. The predicted octanol–water partition coefficient (Wildman–Crippen LogP) is 2.69. The van der Waals surface area contributed by atoms with E-state index in [4.69, 9.17) is 11.6 Å². The first kappa shape index (κ1) is 10.9. The molecule has 2 aromatic rings. The van der Waals surface area contributed by atoms with E-state index >= 15 is 0 Å². The van der Waals surface area contributed by atoms with Crippen LogP contribution >= 0.6 is 11.6 Å². The van der Waals surface area contributed by atoms with E-state index in [0.29, 0.717) is 15.9 Å². The molecule has 2 rings (SSSR count). The Morgan fingerprint density at radius 3 is 2.69 bits per heavy atom. The van der Waals surface area contributed by atoms with Gasteiger partial charge in [-0.2, -0.15) is 0 Å². The van der Waals surface area contributed by atoms with Crippen LogP contribution in [0.1, 0.15) is 22.8 Å². The third-order valence-corrected chi connectivity index (χ3v) is 2.88. The summed E-state index contributed by atoms with van der Waals surface area (Å²) in [5.41, 5.74) is 1.37. The minimum Gasteiger partial charge on any atom is -0.321 e. The van der Waals surface area contributed by atoms with Gasteiger partial charge >= 0.3 is 0 Å². The Bertz CT molecular complexity index is 643. The van der Waals surface area contributed by atoms with Crippen molar-refractivity contribution in [2.75, 3.05) is 0 Å². The number of carbonyl (C=O) groups is 1. The van der Waals surface area contributed by atoms with Gasteiger partial charge < -0.3 is 4.98 Å². The summed E-state index contributed by atoms with van der Waals surface area (Å²) in [6.07, 6.45) is 0. The third-order valence-electron chi connectivity index (χ3n) is 2.55. The second-order valence-electron chi connectivity index (χ2n) is 3.72. The van der Waals surface area contributed by atoms with Gasteiger partial charge in [0.1, 0.15) is 0 Å². The average molecular weight is 236 g/mol. The number of aromatic amines is 1. The molecule has 0 radical (unpaired) electrons. The van der Waals surface area contributed by atoms with E-state index in [2.05, 4.69) is 4.98 Å². The van der Waals surface area contributed by atoms with Gasteiger partial charge in [0.2, 0.25) is 0 Å². The van der Waals surface area contributed by atoms with Crippen LogP contribution < -0.4 is 5.56 Å². The van der Waals surface area contributed by atoms with Crippen LogP contribution in [-0.2, 0) is 0 Å². The minimum atomic E-state index is -0.370. The summed E-state index contributed by atoms with van der Waals surface area (Å²) in [6, 6.07) is 5.13. The summed E-state index contributed by atoms with van der Waals surface area (Å²) in [6.45, 7) is 3.24. The maximum Gasteiger partial charge on any atom is 0.259 e. The molecule has 3 nitrogen and oxygen atoms in total. The van der Waals surface area contributed by atoms with Gasteiger partial charge in [-0.05, 0) is 31.5 Å². The van der Waals surface area contributed by atoms with Crippen molar-refractivity contribution in [1.29, 1.82) is 0 Å². The molecular weight excluding hydrogens is 226 g/mol. The van der Waals surface area contributed by atoms with Crippen molar-refractivity contribution in [1.82, 2.24) is 4.98 Å². The zero-order valence-electron chi connectivity index (χ0n) is 8.93. The van der Waals surface area contributed by atoms with Crippen LogP contribution in [0.2, 0.25) is 5.02 Å². The maximum absolute atomic E-state index is 11.6. The van der Waals surface area contributed by atoms with Crippen LogP contribution in [-0.4, -0.2) is 10.8 Å². The normalized spacial score (nSPS) is 10.7. The Labute approximate surface area is 97.1 Å². The minimum absolute atomic E-state index is 0.139. The van der Waals surface area contributed by atoms with Gasteiger partial charge in [0, 0.05) is 10.4 Å². The highest BCUT2D eigenvalue weighted by Crippen LogP contribution is 2.24. The van der Waals surface area contributed by atoms with Crippen molar-refractivity contribution in [3.05, 3.63) is 44.7 Å². The molecule has 0 atom stereocenters. The van der Waals surface area contributed by atoms with Gasteiger partial charge in [0.15, 0.2) is 5.78 Å². The predicted molar refractivity (Wildman–Crippen MR) is 64.3 cm³/mol. The average Bonchev–Trinajstić information content (AvgIpc) is 2.23. The lowest BCUT2D eigenvalue weighted by Gasteiger charge is -2.05. The first-order chi connectivity index (χ1) is 7.50. The van der Waals surface area contributed by atoms with Crippen LogP contribution in [0.25, 0.3) is 10.9 Å². The highest BCUT2D eigenvalue weighted by molar-refractivity contribution is 6.35. The first-order valence-corrected chi connectivity index (χ1v) is 5.21. The number of halogens is 1. The van der Waals surface area contributed by atoms with E-state index in [0.717, 1.165) is 5.56 Å². The number of benzene rings is 1. The number of nitrogens with one attached hydrogen (secondary N) is 1. The smallest absolute Gasteiger partial charge is 0.259 e. The topological polar surface area (TPSA) is 49.9 Å². The molecular formula is C12H10ClNO2. The molecule has 4 heteroatoms. The molecule has 0 saturated carbocycles. The zero-order chi connectivity index (χ0) is 11.9. The molecule has 1 N–H and O–H groups in total. The molecule has 16 heavy (non-hydrogen) atoms. The Morgan fingerprint density at radius 1 is 1.38 bits per heavy atom. The van der Waals surface area contributed by atoms with Gasteiger partial charge in [-0.25, -0.2) is 0 Å². The third kappa shape index (κ3) is 1.63. The molecule has 0 saturated heterocycles. The number of hydrogen-bond acceptors (Lipinski definition) is 2. The summed E-state index contributed by atoms with van der Waals surface area (Å²) in [5, 5.41) is 1.23. The van der Waals surface area contributed by atoms with E-state index in [1.54, 1.807) is 12.1 Å². The maximum atomic E-state index is 11.6. The van der Waals surface area contributed by atoms with Gasteiger partial charge in [0.25, 0.3) is 5.56 Å². The second-order valence-corrected chi connectivity index (χ2v) is 4.13. The summed E-state index contributed by atoms with van der Waals surface area (Å²) in [7, 11) is 0. The monoisotopic (exact) mass is 235 g/mol. The van der Waals surface area contributed by atoms with Crippen molar-refractivity contribution in [2.24, 2.45) is 0 Å². The van der Waals surface area contributed by atoms with Crippen LogP contribution in [0, 0.1) is 6.92 Å². The molecule has 0 fully saturated rings. The summed E-state index contributed by atoms with van der Waals surface area (Å²) < 4.78 is 0. The molecule has 0 amide bonds. The zero-order valence-corrected chi connectivity index (χ0v) is 9.68. The fourth-order valence-corrected chi connectivity index (χ4v) is 1.87. The number of fused-ring (bicyclic) bond motifs is 1. The van der Waals surface area contributed by atoms with E-state index in [1.165, 1.54) is 6.92 Å². The fourth-order valence-electron chi connectivity index (χ4n) is 1.66. The SMILES string of the molecule is CC(=O)c1cc2c(Cl)ccc(C)c2[nH]c1=O. The largest absolute Gasteiger partial charge is 0.321 e. The Morgan fingerprint density at radius 2 is 2.06 bits per heavy atom. The van der Waals surface area contributed by atoms with Gasteiger partial charge in [-0.1, -0.05) is 17.7 Å². The first-order valence-electron chi connectivity index (χ1n) is 4.84. The van der Waals surface area contributed by atoms with Crippen LogP contribution in [0.4, 0.5) is 0 Å². The number of carbonyl (C=O) groups excluding carboxylic acids is 1. The van der Waals surface area contributed by atoms with Crippen LogP contribution in [0.5, 0.6) is 0 Å². The Hall–Kier alpha value is -1.61. The lowest BCUT2D eigenvalue weighted by atomic mass is 10.1. The number of Topliss-reactive ketones (excluding diaryl/α,β-unsaturated/α-hetero) is 1. The van der Waals surface area contributed by atoms with Crippen LogP contribution in [0.15, 0.2) is 23.0 Å². The van der Waals surface area contributed by atoms with E-state index in [1.807, 2.05) is 13.0 Å². The quantitative estimate of drug-likeness (QED) is 0.773. The van der Waals surface area contributed by atoms with Gasteiger partial charge in [-0.15, -0.1) is 0 Å². The van der Waals surface area contributed by atoms with Gasteiger partial charge in [-0.3, -0.25) is 9.59 Å². The number of rotatable bonds is 1. The van der Waals surface area contributed by atoms with Crippen molar-refractivity contribution < 1.29 is 4.79 Å². The number of aromatic nitrogens is 1. The highest BCUT2D eigenvalue weighted by atomic mass is 35.5. The molecule has 82 valence electrons. The molecule has 1 aromatic carbocycles. The van der Waals surface area contributed by atoms with E-state index in [-0.39, 0.29) is 16.9 Å². The number of pyridine rings is 1. The Balaban J connectivity index is 2.95. The molecule has 0 bridgehead atoms. The number of hydrogen-bond donors (Lipinski definition) is 1. The van der Waals surface area contributed by atoms with Crippen LogP contribution in [0.3, 0.4) is 0 Å². The number of H-pyrrole nitrogens is 1. The number of ketones is 1. The van der Waals surface area contributed by atoms with Crippen molar-refractivity contribution >= 4 is 28.3 Å². The molecule has 0 aliphatic carbocycles. The molecule has 1 aromatic heterocycles. The lowest BCUT2D eigenvalue weighted by Crippen LogP contribution is -2.15. The molecule has 0 spiro atoms. The lowest BCUT2D eigenvalue weighted by molar-refractivity contribution is 0.101. The molecule has 1 heterocycles. The summed E-state index contributed by atoms with van der Waals surface area (Å²) in [5.74, 6) is -0.263. The van der Waals surface area contributed by atoms with Crippen molar-refractivity contribution in [3.8, 4) is 0 Å². The molecule has 0 unspecified atom stereocenters. The highest BCUT2D eigenvalue weighted by Gasteiger charge is 2.10. The van der Waals surface area contributed by atoms with Crippen molar-refractivity contribution in [3.63, 3.8) is 0 Å². The Kier molecular flexibility index (Phi) is 2.56. The van der Waals surface area contributed by atoms with Crippen molar-refractivity contribution in [2.45, 2.75) is 13.8 Å². The second kappa shape index (κ2) is 3.76. The standard InChI is InChI=1S/C12H10ClNO2/c1-6-3-4-10(13)9-5-8(7(2)15)12(16)14-11(6)9/h3-5H,1-2H3,(H,14,16). The van der Waals surface area contributed by atoms with E-state index in [9.17, 15) is 9.59 Å². The van der Waals surface area contributed by atoms with Gasteiger partial charge in [0.05, 0.1) is 11.1 Å². The molecule has 0 aliphatic rings. The molecule has 0 aliphatic heterocycles. The summed E-state index contributed by atoms with van der Waals surface area (Å²) in [4.78, 5) is 25.5. The summed E-state index contributed by atoms with van der Waals surface area (Å²) >= 11 is 6.02.